The molecule has 0 spiro atoms. The smallest absolute Gasteiger partial charge is 0.233 e. The summed E-state index contributed by atoms with van der Waals surface area (Å²) in [5.74, 6) is 1.62. The third-order valence-corrected chi connectivity index (χ3v) is 5.37. The van der Waals surface area contributed by atoms with Crippen molar-refractivity contribution >= 4 is 17.7 Å². The van der Waals surface area contributed by atoms with Gasteiger partial charge in [0.2, 0.25) is 5.91 Å². The van der Waals surface area contributed by atoms with Crippen LogP contribution in [0.2, 0.25) is 0 Å². The fourth-order valence-electron chi connectivity index (χ4n) is 2.90. The second-order valence-electron chi connectivity index (χ2n) is 5.45. The van der Waals surface area contributed by atoms with Crippen LogP contribution in [0.15, 0.2) is 24.3 Å². The monoisotopic (exact) mass is 322 g/mol. The highest BCUT2D eigenvalue weighted by Gasteiger charge is 2.34. The molecule has 0 saturated carbocycles. The highest BCUT2D eigenvalue weighted by molar-refractivity contribution is 8.00. The molecule has 5 nitrogen and oxygen atoms in total. The van der Waals surface area contributed by atoms with Crippen molar-refractivity contribution in [2.45, 2.75) is 5.37 Å². The van der Waals surface area contributed by atoms with E-state index in [1.807, 2.05) is 23.1 Å². The van der Waals surface area contributed by atoms with E-state index in [-0.39, 0.29) is 11.3 Å². The van der Waals surface area contributed by atoms with E-state index in [1.165, 1.54) is 0 Å². The van der Waals surface area contributed by atoms with Crippen LogP contribution in [0.25, 0.3) is 0 Å². The number of methoxy groups -OCH3 is 1. The molecule has 0 bridgehead atoms. The number of morpholine rings is 1. The number of carbonyl (C=O) groups excluding carboxylic acids is 1. The molecule has 2 fully saturated rings. The van der Waals surface area contributed by atoms with Gasteiger partial charge in [-0.05, 0) is 6.07 Å². The van der Waals surface area contributed by atoms with Gasteiger partial charge in [0.25, 0.3) is 0 Å². The third kappa shape index (κ3) is 3.39. The van der Waals surface area contributed by atoms with Crippen molar-refractivity contribution in [3.8, 4) is 5.75 Å². The molecule has 0 N–H and O–H groups in total. The standard InChI is InChI=1S/C16H22N2O3S/c1-20-14-5-3-2-4-13(14)16-18(15(19)12-22-16)7-6-17-8-10-21-11-9-17/h2-5,16H,6-12H2,1H3. The summed E-state index contributed by atoms with van der Waals surface area (Å²) < 4.78 is 10.8. The zero-order valence-corrected chi connectivity index (χ0v) is 13.7. The molecule has 1 unspecified atom stereocenters. The first kappa shape index (κ1) is 15.6. The Morgan fingerprint density at radius 2 is 2.05 bits per heavy atom. The SMILES string of the molecule is COc1ccccc1C1SCC(=O)N1CCN1CCOCC1. The lowest BCUT2D eigenvalue weighted by Crippen LogP contribution is -2.42. The maximum absolute atomic E-state index is 12.3. The van der Waals surface area contributed by atoms with Crippen molar-refractivity contribution < 1.29 is 14.3 Å². The van der Waals surface area contributed by atoms with Gasteiger partial charge in [-0.15, -0.1) is 11.8 Å². The second kappa shape index (κ2) is 7.35. The molecule has 2 aliphatic heterocycles. The minimum atomic E-state index is 0.0599. The lowest BCUT2D eigenvalue weighted by atomic mass is 10.2. The van der Waals surface area contributed by atoms with E-state index in [4.69, 9.17) is 9.47 Å². The summed E-state index contributed by atoms with van der Waals surface area (Å²) >= 11 is 1.68. The van der Waals surface area contributed by atoms with E-state index in [0.717, 1.165) is 50.7 Å². The quantitative estimate of drug-likeness (QED) is 0.824. The van der Waals surface area contributed by atoms with Gasteiger partial charge >= 0.3 is 0 Å². The van der Waals surface area contributed by atoms with E-state index < -0.39 is 0 Å². The number of benzene rings is 1. The van der Waals surface area contributed by atoms with Crippen molar-refractivity contribution in [1.29, 1.82) is 0 Å². The van der Waals surface area contributed by atoms with Gasteiger partial charge in [-0.2, -0.15) is 0 Å². The third-order valence-electron chi connectivity index (χ3n) is 4.13. The predicted octanol–water partition coefficient (Wildman–Crippen LogP) is 1.60. The highest BCUT2D eigenvalue weighted by atomic mass is 32.2. The minimum Gasteiger partial charge on any atom is -0.496 e. The molecule has 2 heterocycles. The van der Waals surface area contributed by atoms with Gasteiger partial charge in [0.15, 0.2) is 0 Å². The Kier molecular flexibility index (Phi) is 5.23. The number of amides is 1. The van der Waals surface area contributed by atoms with Gasteiger partial charge < -0.3 is 14.4 Å². The lowest BCUT2D eigenvalue weighted by Gasteiger charge is -2.31. The number of para-hydroxylation sites is 1. The molecule has 1 aromatic carbocycles. The van der Waals surface area contributed by atoms with Crippen LogP contribution in [-0.2, 0) is 9.53 Å². The number of thioether (sulfide) groups is 1. The van der Waals surface area contributed by atoms with E-state index in [0.29, 0.717) is 5.75 Å². The molecular formula is C16H22N2O3S. The van der Waals surface area contributed by atoms with Crippen LogP contribution in [0.5, 0.6) is 5.75 Å². The lowest BCUT2D eigenvalue weighted by molar-refractivity contribution is -0.128. The maximum atomic E-state index is 12.3. The van der Waals surface area contributed by atoms with Crippen molar-refractivity contribution in [3.05, 3.63) is 29.8 Å². The van der Waals surface area contributed by atoms with E-state index in [9.17, 15) is 4.79 Å². The zero-order chi connectivity index (χ0) is 15.4. The summed E-state index contributed by atoms with van der Waals surface area (Å²) in [4.78, 5) is 16.6. The molecule has 2 saturated heterocycles. The second-order valence-corrected chi connectivity index (χ2v) is 6.51. The fraction of sp³-hybridized carbons (Fsp3) is 0.562. The normalized spacial score (nSPS) is 23.0. The molecule has 6 heteroatoms. The molecule has 22 heavy (non-hydrogen) atoms. The van der Waals surface area contributed by atoms with Gasteiger partial charge in [-0.1, -0.05) is 18.2 Å². The number of carbonyl (C=O) groups is 1. The van der Waals surface area contributed by atoms with Gasteiger partial charge in [0, 0.05) is 31.7 Å². The topological polar surface area (TPSA) is 42.0 Å². The van der Waals surface area contributed by atoms with Crippen molar-refractivity contribution in [2.75, 3.05) is 52.3 Å². The Morgan fingerprint density at radius 3 is 2.82 bits per heavy atom. The van der Waals surface area contributed by atoms with Crippen molar-refractivity contribution in [1.82, 2.24) is 9.80 Å². The van der Waals surface area contributed by atoms with Crippen molar-refractivity contribution in [2.24, 2.45) is 0 Å². The van der Waals surface area contributed by atoms with Gasteiger partial charge in [-0.25, -0.2) is 0 Å². The summed E-state index contributed by atoms with van der Waals surface area (Å²) in [6.07, 6.45) is 0. The number of ether oxygens (including phenoxy) is 2. The molecule has 1 atom stereocenters. The average molecular weight is 322 g/mol. The van der Waals surface area contributed by atoms with Crippen LogP contribution < -0.4 is 4.74 Å². The fourth-order valence-corrected chi connectivity index (χ4v) is 4.14. The largest absolute Gasteiger partial charge is 0.496 e. The molecule has 1 aromatic rings. The molecule has 2 aliphatic rings. The van der Waals surface area contributed by atoms with Crippen LogP contribution in [0, 0.1) is 0 Å². The zero-order valence-electron chi connectivity index (χ0n) is 12.9. The Labute approximate surface area is 135 Å². The molecule has 120 valence electrons. The summed E-state index contributed by atoms with van der Waals surface area (Å²) in [6, 6.07) is 7.97. The minimum absolute atomic E-state index is 0.0599. The number of hydrogen-bond acceptors (Lipinski definition) is 5. The number of rotatable bonds is 5. The summed E-state index contributed by atoms with van der Waals surface area (Å²) in [7, 11) is 1.68. The Bertz CT molecular complexity index is 520. The van der Waals surface area contributed by atoms with Gasteiger partial charge in [-0.3, -0.25) is 9.69 Å². The molecule has 1 amide bonds. The maximum Gasteiger partial charge on any atom is 0.233 e. The molecule has 0 aromatic heterocycles. The Hall–Kier alpha value is -1.24. The summed E-state index contributed by atoms with van der Waals surface area (Å²) in [5, 5.41) is 0.0599. The van der Waals surface area contributed by atoms with E-state index in [2.05, 4.69) is 11.0 Å². The molecule has 3 rings (SSSR count). The average Bonchev–Trinajstić information content (AvgIpc) is 2.94. The van der Waals surface area contributed by atoms with Gasteiger partial charge in [0.05, 0.1) is 26.1 Å². The predicted molar refractivity (Wildman–Crippen MR) is 87.2 cm³/mol. The van der Waals surface area contributed by atoms with E-state index >= 15 is 0 Å². The first-order valence-corrected chi connectivity index (χ1v) is 8.68. The molecule has 0 aliphatic carbocycles. The summed E-state index contributed by atoms with van der Waals surface area (Å²) in [5.41, 5.74) is 1.09. The van der Waals surface area contributed by atoms with E-state index in [1.54, 1.807) is 18.9 Å². The first-order chi connectivity index (χ1) is 10.8. The Morgan fingerprint density at radius 1 is 1.27 bits per heavy atom. The first-order valence-electron chi connectivity index (χ1n) is 7.63. The van der Waals surface area contributed by atoms with Gasteiger partial charge in [0.1, 0.15) is 11.1 Å². The molecular weight excluding hydrogens is 300 g/mol. The number of nitrogens with zero attached hydrogens (tertiary/aromatic N) is 2. The molecule has 0 radical (unpaired) electrons. The van der Waals surface area contributed by atoms with Crippen molar-refractivity contribution in [3.63, 3.8) is 0 Å². The highest BCUT2D eigenvalue weighted by Crippen LogP contribution is 2.42. The van der Waals surface area contributed by atoms with Crippen LogP contribution >= 0.6 is 11.8 Å². The van der Waals surface area contributed by atoms with Crippen LogP contribution in [0.1, 0.15) is 10.9 Å². The Balaban J connectivity index is 1.69. The number of hydrogen-bond donors (Lipinski definition) is 0. The van der Waals surface area contributed by atoms with Crippen LogP contribution in [-0.4, -0.2) is 68.0 Å². The van der Waals surface area contributed by atoms with Crippen LogP contribution in [0.3, 0.4) is 0 Å². The van der Waals surface area contributed by atoms with Crippen LogP contribution in [0.4, 0.5) is 0 Å². The summed E-state index contributed by atoms with van der Waals surface area (Å²) in [6.45, 7) is 5.15.